The van der Waals surface area contributed by atoms with Crippen LogP contribution in [0.15, 0.2) is 191 Å². The second-order valence-electron chi connectivity index (χ2n) is 13.5. The van der Waals surface area contributed by atoms with Gasteiger partial charge in [-0.2, -0.15) is 0 Å². The van der Waals surface area contributed by atoms with E-state index in [1.807, 2.05) is 60.7 Å². The van der Waals surface area contributed by atoms with Crippen molar-refractivity contribution in [1.29, 1.82) is 5.41 Å². The van der Waals surface area contributed by atoms with Crippen molar-refractivity contribution in [2.45, 2.75) is 0 Å². The molecule has 1 aromatic heterocycles. The number of para-hydroxylation sites is 1. The zero-order valence-electron chi connectivity index (χ0n) is 28.8. The number of rotatable bonds is 5. The van der Waals surface area contributed by atoms with E-state index in [9.17, 15) is 0 Å². The van der Waals surface area contributed by atoms with E-state index in [1.165, 1.54) is 48.8 Å². The average molecular weight is 677 g/mol. The Labute approximate surface area is 306 Å². The van der Waals surface area contributed by atoms with Gasteiger partial charge in [0.15, 0.2) is 5.84 Å². The van der Waals surface area contributed by atoms with Gasteiger partial charge in [0.05, 0.1) is 5.71 Å². The molecule has 10 rings (SSSR count). The highest BCUT2D eigenvalue weighted by molar-refractivity contribution is 6.21. The zero-order chi connectivity index (χ0) is 35.3. The van der Waals surface area contributed by atoms with E-state index in [-0.39, 0.29) is 5.84 Å². The highest BCUT2D eigenvalue weighted by atomic mass is 16.3. The Morgan fingerprint density at radius 2 is 1.13 bits per heavy atom. The Hall–Kier alpha value is -7.10. The SMILES string of the molecule is N=C(N=C(/C=C/c1ccc2cc(-c3c4ccccc4cc4c3ccc3ccccc34)ccc2c1)c1ccc2c(c1)oc1ccccc12)c1ccccc1. The molecule has 0 aliphatic heterocycles. The first-order valence-corrected chi connectivity index (χ1v) is 17.9. The van der Waals surface area contributed by atoms with E-state index in [4.69, 9.17) is 14.8 Å². The van der Waals surface area contributed by atoms with Gasteiger partial charge in [-0.25, -0.2) is 4.99 Å². The Balaban J connectivity index is 1.05. The lowest BCUT2D eigenvalue weighted by molar-refractivity contribution is 0.669. The first-order valence-electron chi connectivity index (χ1n) is 17.9. The van der Waals surface area contributed by atoms with E-state index in [1.54, 1.807) is 0 Å². The summed E-state index contributed by atoms with van der Waals surface area (Å²) in [5, 5.41) is 20.9. The van der Waals surface area contributed by atoms with Gasteiger partial charge in [0.1, 0.15) is 11.2 Å². The summed E-state index contributed by atoms with van der Waals surface area (Å²) in [5.41, 5.74) is 7.50. The lowest BCUT2D eigenvalue weighted by Crippen LogP contribution is -2.03. The lowest BCUT2D eigenvalue weighted by Gasteiger charge is -2.15. The Kier molecular flexibility index (Phi) is 7.29. The third kappa shape index (κ3) is 5.47. The van der Waals surface area contributed by atoms with Crippen LogP contribution in [0.1, 0.15) is 16.7 Å². The molecule has 10 aromatic rings. The van der Waals surface area contributed by atoms with Crippen LogP contribution in [-0.4, -0.2) is 11.5 Å². The first kappa shape index (κ1) is 30.7. The van der Waals surface area contributed by atoms with Crippen LogP contribution in [0, 0.1) is 5.41 Å². The van der Waals surface area contributed by atoms with Gasteiger partial charge in [-0.05, 0) is 102 Å². The van der Waals surface area contributed by atoms with Gasteiger partial charge in [0, 0.05) is 21.9 Å². The lowest BCUT2D eigenvalue weighted by atomic mass is 9.89. The predicted octanol–water partition coefficient (Wildman–Crippen LogP) is 13.4. The maximum Gasteiger partial charge on any atom is 0.152 e. The molecular weight excluding hydrogens is 645 g/mol. The van der Waals surface area contributed by atoms with Crippen molar-refractivity contribution in [1.82, 2.24) is 0 Å². The molecule has 0 amide bonds. The molecule has 53 heavy (non-hydrogen) atoms. The van der Waals surface area contributed by atoms with Crippen LogP contribution in [0.25, 0.3) is 82.2 Å². The Morgan fingerprint density at radius 1 is 0.453 bits per heavy atom. The number of furan rings is 1. The standard InChI is InChI=1S/C50H32N2O/c51-50(34-11-2-1-3-12-34)52-46(38-24-25-43-42-16-8-9-17-47(42)53-48(43)31-38)27-19-32-18-20-36-29-39(22-21-35(36)28-32)49-41-15-7-5-13-37(41)30-45-40-14-6-4-10-33(40)23-26-44(45)49/h1-31,51H/b27-19+,51-50?,52-46?. The van der Waals surface area contributed by atoms with E-state index < -0.39 is 0 Å². The number of amidine groups is 1. The molecule has 1 heterocycles. The number of nitrogens with one attached hydrogen (secondary N) is 1. The summed E-state index contributed by atoms with van der Waals surface area (Å²) in [6.45, 7) is 0. The maximum atomic E-state index is 8.84. The molecule has 3 nitrogen and oxygen atoms in total. The molecule has 9 aromatic carbocycles. The topological polar surface area (TPSA) is 49.4 Å². The molecule has 0 fully saturated rings. The van der Waals surface area contributed by atoms with Crippen molar-refractivity contribution >= 4 is 82.7 Å². The van der Waals surface area contributed by atoms with Gasteiger partial charge in [0.25, 0.3) is 0 Å². The minimum Gasteiger partial charge on any atom is -0.456 e. The molecule has 0 spiro atoms. The van der Waals surface area contributed by atoms with Crippen LogP contribution in [0.5, 0.6) is 0 Å². The van der Waals surface area contributed by atoms with Crippen molar-refractivity contribution in [3.05, 3.63) is 199 Å². The number of hydrogen-bond donors (Lipinski definition) is 1. The fourth-order valence-electron chi connectivity index (χ4n) is 7.69. The van der Waals surface area contributed by atoms with Gasteiger partial charge >= 0.3 is 0 Å². The Bertz CT molecular complexity index is 3130. The van der Waals surface area contributed by atoms with Gasteiger partial charge in [-0.1, -0.05) is 146 Å². The summed E-state index contributed by atoms with van der Waals surface area (Å²) in [6, 6.07) is 61.5. The summed E-state index contributed by atoms with van der Waals surface area (Å²) in [7, 11) is 0. The molecule has 1 N–H and O–H groups in total. The molecule has 0 unspecified atom stereocenters. The minimum atomic E-state index is 0.204. The van der Waals surface area contributed by atoms with Crippen LogP contribution in [0.4, 0.5) is 0 Å². The minimum absolute atomic E-state index is 0.204. The summed E-state index contributed by atoms with van der Waals surface area (Å²) in [5.74, 6) is 0.204. The van der Waals surface area contributed by atoms with Crippen molar-refractivity contribution in [2.24, 2.45) is 4.99 Å². The monoisotopic (exact) mass is 676 g/mol. The summed E-state index contributed by atoms with van der Waals surface area (Å²) >= 11 is 0. The molecule has 0 saturated heterocycles. The van der Waals surface area contributed by atoms with Crippen molar-refractivity contribution in [3.63, 3.8) is 0 Å². The zero-order valence-corrected chi connectivity index (χ0v) is 28.8. The fourth-order valence-corrected chi connectivity index (χ4v) is 7.69. The van der Waals surface area contributed by atoms with Gasteiger partial charge < -0.3 is 4.42 Å². The van der Waals surface area contributed by atoms with Gasteiger partial charge in [-0.15, -0.1) is 0 Å². The molecule has 0 bridgehead atoms. The highest BCUT2D eigenvalue weighted by Gasteiger charge is 2.14. The Morgan fingerprint density at radius 3 is 2.02 bits per heavy atom. The summed E-state index contributed by atoms with van der Waals surface area (Å²) < 4.78 is 6.22. The second kappa shape index (κ2) is 12.6. The molecule has 0 radical (unpaired) electrons. The maximum absolute atomic E-state index is 8.84. The number of aliphatic imine (C=N–C) groups is 1. The largest absolute Gasteiger partial charge is 0.456 e. The molecule has 0 aliphatic carbocycles. The number of hydrogen-bond acceptors (Lipinski definition) is 2. The van der Waals surface area contributed by atoms with Crippen molar-refractivity contribution < 1.29 is 4.42 Å². The number of allylic oxidation sites excluding steroid dienone is 1. The first-order chi connectivity index (χ1) is 26.2. The van der Waals surface area contributed by atoms with Crippen LogP contribution in [0.3, 0.4) is 0 Å². The van der Waals surface area contributed by atoms with Crippen LogP contribution < -0.4 is 0 Å². The summed E-state index contributed by atoms with van der Waals surface area (Å²) in [6.07, 6.45) is 4.08. The highest BCUT2D eigenvalue weighted by Crippen LogP contribution is 2.40. The second-order valence-corrected chi connectivity index (χ2v) is 13.5. The van der Waals surface area contributed by atoms with Gasteiger partial charge in [0.2, 0.25) is 0 Å². The molecular formula is C50H32N2O. The van der Waals surface area contributed by atoms with E-state index in [2.05, 4.69) is 127 Å². The van der Waals surface area contributed by atoms with Crippen molar-refractivity contribution in [2.75, 3.05) is 0 Å². The third-order valence-electron chi connectivity index (χ3n) is 10.3. The number of nitrogens with zero attached hydrogens (tertiary/aromatic N) is 1. The predicted molar refractivity (Wildman–Crippen MR) is 224 cm³/mol. The van der Waals surface area contributed by atoms with E-state index in [0.29, 0.717) is 5.71 Å². The molecule has 0 aliphatic rings. The number of benzene rings is 9. The van der Waals surface area contributed by atoms with E-state index in [0.717, 1.165) is 44.0 Å². The summed E-state index contributed by atoms with van der Waals surface area (Å²) in [4.78, 5) is 4.84. The van der Waals surface area contributed by atoms with Crippen LogP contribution >= 0.6 is 0 Å². The molecule has 3 heteroatoms. The third-order valence-corrected chi connectivity index (χ3v) is 10.3. The average Bonchev–Trinajstić information content (AvgIpc) is 3.59. The molecule has 248 valence electrons. The quantitative estimate of drug-likeness (QED) is 0.0839. The fraction of sp³-hybridized carbons (Fsp3) is 0. The number of fused-ring (bicyclic) bond motifs is 8. The van der Waals surface area contributed by atoms with Crippen LogP contribution in [0.2, 0.25) is 0 Å². The van der Waals surface area contributed by atoms with Gasteiger partial charge in [-0.3, -0.25) is 5.41 Å². The molecule has 0 atom stereocenters. The van der Waals surface area contributed by atoms with Crippen molar-refractivity contribution in [3.8, 4) is 11.1 Å². The molecule has 0 saturated carbocycles. The normalized spacial score (nSPS) is 12.3. The van der Waals surface area contributed by atoms with Crippen LogP contribution in [-0.2, 0) is 0 Å². The van der Waals surface area contributed by atoms with E-state index >= 15 is 0 Å². The smallest absolute Gasteiger partial charge is 0.152 e.